The molecule has 2 saturated carbocycles. The van der Waals surface area contributed by atoms with E-state index in [2.05, 4.69) is 30.4 Å². The van der Waals surface area contributed by atoms with Gasteiger partial charge in [0, 0.05) is 6.04 Å². The number of benzene rings is 1. The molecular formula is C15H18N2S. The molecule has 1 N–H and O–H groups in total. The van der Waals surface area contributed by atoms with E-state index >= 15 is 0 Å². The Kier molecular flexibility index (Phi) is 2.37. The third-order valence-corrected chi connectivity index (χ3v) is 5.04. The lowest BCUT2D eigenvalue weighted by Crippen LogP contribution is -2.23. The van der Waals surface area contributed by atoms with E-state index in [1.807, 2.05) is 11.3 Å². The Labute approximate surface area is 111 Å². The summed E-state index contributed by atoms with van der Waals surface area (Å²) in [5.74, 6) is 1.84. The average molecular weight is 258 g/mol. The summed E-state index contributed by atoms with van der Waals surface area (Å²) in [5, 5.41) is 4.84. The minimum atomic E-state index is 0.701. The van der Waals surface area contributed by atoms with Crippen LogP contribution < -0.4 is 5.32 Å². The van der Waals surface area contributed by atoms with E-state index in [9.17, 15) is 0 Å². The molecule has 0 radical (unpaired) electrons. The van der Waals surface area contributed by atoms with Crippen LogP contribution in [0.4, 0.5) is 5.13 Å². The number of nitrogens with one attached hydrogen (secondary N) is 1. The molecule has 0 aliphatic heterocycles. The monoisotopic (exact) mass is 258 g/mol. The van der Waals surface area contributed by atoms with Crippen molar-refractivity contribution in [2.45, 2.75) is 38.6 Å². The highest BCUT2D eigenvalue weighted by atomic mass is 32.1. The van der Waals surface area contributed by atoms with Crippen molar-refractivity contribution < 1.29 is 0 Å². The maximum absolute atomic E-state index is 4.72. The van der Waals surface area contributed by atoms with Gasteiger partial charge in [-0.05, 0) is 62.1 Å². The summed E-state index contributed by atoms with van der Waals surface area (Å²) < 4.78 is 1.31. The predicted octanol–water partition coefficient (Wildman–Crippen LogP) is 4.21. The molecule has 2 fully saturated rings. The Hall–Kier alpha value is -1.09. The maximum atomic E-state index is 4.72. The fraction of sp³-hybridized carbons (Fsp3) is 0.533. The zero-order chi connectivity index (χ0) is 12.1. The molecule has 2 aromatic rings. The van der Waals surface area contributed by atoms with Gasteiger partial charge in [-0.1, -0.05) is 17.4 Å². The van der Waals surface area contributed by atoms with Crippen molar-refractivity contribution >= 4 is 26.7 Å². The molecule has 1 aromatic heterocycles. The maximum Gasteiger partial charge on any atom is 0.184 e. The van der Waals surface area contributed by atoms with Gasteiger partial charge >= 0.3 is 0 Å². The van der Waals surface area contributed by atoms with Gasteiger partial charge in [0.15, 0.2) is 5.13 Å². The third-order valence-electron chi connectivity index (χ3n) is 4.09. The van der Waals surface area contributed by atoms with E-state index in [0.717, 1.165) is 22.5 Å². The summed E-state index contributed by atoms with van der Waals surface area (Å²) in [6, 6.07) is 7.22. The molecule has 2 nitrogen and oxygen atoms in total. The van der Waals surface area contributed by atoms with Gasteiger partial charge < -0.3 is 5.32 Å². The van der Waals surface area contributed by atoms with E-state index < -0.39 is 0 Å². The highest BCUT2D eigenvalue weighted by Gasteiger charge is 2.41. The first kappa shape index (κ1) is 10.8. The lowest BCUT2D eigenvalue weighted by molar-refractivity contribution is 0.567. The van der Waals surface area contributed by atoms with Crippen LogP contribution in [0.25, 0.3) is 10.2 Å². The van der Waals surface area contributed by atoms with Crippen LogP contribution in [0.2, 0.25) is 0 Å². The summed E-state index contributed by atoms with van der Waals surface area (Å²) in [7, 11) is 0. The number of nitrogens with zero attached hydrogens (tertiary/aromatic N) is 1. The van der Waals surface area contributed by atoms with Crippen molar-refractivity contribution in [3.05, 3.63) is 23.8 Å². The molecule has 4 rings (SSSR count). The highest BCUT2D eigenvalue weighted by molar-refractivity contribution is 7.22. The lowest BCUT2D eigenvalue weighted by Gasteiger charge is -2.16. The molecule has 0 saturated heterocycles. The molecule has 1 heterocycles. The number of aromatic nitrogens is 1. The normalized spacial score (nSPS) is 19.7. The fourth-order valence-electron chi connectivity index (χ4n) is 2.77. The number of hydrogen-bond acceptors (Lipinski definition) is 3. The second kappa shape index (κ2) is 3.95. The van der Waals surface area contributed by atoms with Crippen LogP contribution in [0.1, 0.15) is 31.2 Å². The van der Waals surface area contributed by atoms with E-state index in [1.54, 1.807) is 0 Å². The summed E-state index contributed by atoms with van der Waals surface area (Å²) in [4.78, 5) is 4.72. The van der Waals surface area contributed by atoms with Gasteiger partial charge in [-0.2, -0.15) is 0 Å². The Morgan fingerprint density at radius 1 is 1.22 bits per heavy atom. The Morgan fingerprint density at radius 2 is 1.94 bits per heavy atom. The summed E-state index contributed by atoms with van der Waals surface area (Å²) in [6.07, 6.45) is 5.66. The second-order valence-electron chi connectivity index (χ2n) is 5.84. The highest BCUT2D eigenvalue weighted by Crippen LogP contribution is 2.46. The fourth-order valence-corrected chi connectivity index (χ4v) is 3.78. The first-order valence-electron chi connectivity index (χ1n) is 6.93. The Bertz CT molecular complexity index is 569. The molecule has 94 valence electrons. The number of aryl methyl sites for hydroxylation is 1. The van der Waals surface area contributed by atoms with Gasteiger partial charge in [0.2, 0.25) is 0 Å². The van der Waals surface area contributed by atoms with Crippen LogP contribution in [0, 0.1) is 18.8 Å². The summed E-state index contributed by atoms with van der Waals surface area (Å²) >= 11 is 1.81. The number of hydrogen-bond donors (Lipinski definition) is 1. The second-order valence-corrected chi connectivity index (χ2v) is 6.87. The van der Waals surface area contributed by atoms with E-state index in [4.69, 9.17) is 4.98 Å². The molecule has 0 bridgehead atoms. The number of fused-ring (bicyclic) bond motifs is 1. The van der Waals surface area contributed by atoms with E-state index in [-0.39, 0.29) is 0 Å². The van der Waals surface area contributed by atoms with Crippen molar-refractivity contribution in [2.24, 2.45) is 11.8 Å². The van der Waals surface area contributed by atoms with Gasteiger partial charge in [0.25, 0.3) is 0 Å². The van der Waals surface area contributed by atoms with Crippen molar-refractivity contribution in [1.29, 1.82) is 0 Å². The molecule has 1 aromatic carbocycles. The molecule has 0 atom stereocenters. The van der Waals surface area contributed by atoms with Crippen LogP contribution >= 0.6 is 11.3 Å². The van der Waals surface area contributed by atoms with Gasteiger partial charge in [0.05, 0.1) is 10.2 Å². The minimum absolute atomic E-state index is 0.701. The third kappa shape index (κ3) is 2.01. The molecule has 3 heteroatoms. The van der Waals surface area contributed by atoms with Gasteiger partial charge in [-0.3, -0.25) is 0 Å². The van der Waals surface area contributed by atoms with Crippen molar-refractivity contribution in [3.8, 4) is 0 Å². The topological polar surface area (TPSA) is 24.9 Å². The average Bonchev–Trinajstić information content (AvgIpc) is 3.23. The lowest BCUT2D eigenvalue weighted by atomic mass is 10.1. The van der Waals surface area contributed by atoms with Crippen molar-refractivity contribution in [1.82, 2.24) is 4.98 Å². The van der Waals surface area contributed by atoms with E-state index in [1.165, 1.54) is 35.9 Å². The van der Waals surface area contributed by atoms with Crippen molar-refractivity contribution in [2.75, 3.05) is 5.32 Å². The molecule has 18 heavy (non-hydrogen) atoms. The van der Waals surface area contributed by atoms with Crippen LogP contribution in [0.15, 0.2) is 18.2 Å². The quantitative estimate of drug-likeness (QED) is 0.888. The van der Waals surface area contributed by atoms with Gasteiger partial charge in [-0.25, -0.2) is 4.98 Å². The first-order valence-corrected chi connectivity index (χ1v) is 7.75. The van der Waals surface area contributed by atoms with Crippen LogP contribution in [0.5, 0.6) is 0 Å². The molecule has 2 aliphatic carbocycles. The van der Waals surface area contributed by atoms with E-state index in [0.29, 0.717) is 6.04 Å². The minimum Gasteiger partial charge on any atom is -0.358 e. The number of anilines is 1. The molecule has 2 aliphatic rings. The summed E-state index contributed by atoms with van der Waals surface area (Å²) in [6.45, 7) is 2.14. The number of thiazole rings is 1. The Balaban J connectivity index is 1.61. The summed E-state index contributed by atoms with van der Waals surface area (Å²) in [5.41, 5.74) is 2.46. The molecule has 0 unspecified atom stereocenters. The SMILES string of the molecule is Cc1ccc2nc(NC(C3CC3)C3CC3)sc2c1. The van der Waals surface area contributed by atoms with Crippen LogP contribution in [0.3, 0.4) is 0 Å². The standard InChI is InChI=1S/C15H18N2S/c1-9-2-7-12-13(8-9)18-15(16-12)17-14(10-3-4-10)11-5-6-11/h2,7-8,10-11,14H,3-6H2,1H3,(H,16,17). The predicted molar refractivity (Wildman–Crippen MR) is 77.2 cm³/mol. The van der Waals surface area contributed by atoms with Gasteiger partial charge in [-0.15, -0.1) is 0 Å². The van der Waals surface area contributed by atoms with Crippen LogP contribution in [-0.2, 0) is 0 Å². The van der Waals surface area contributed by atoms with Crippen LogP contribution in [-0.4, -0.2) is 11.0 Å². The molecule has 0 amide bonds. The first-order chi connectivity index (χ1) is 8.79. The number of rotatable bonds is 4. The Morgan fingerprint density at radius 3 is 2.61 bits per heavy atom. The zero-order valence-corrected chi connectivity index (χ0v) is 11.5. The molecule has 0 spiro atoms. The van der Waals surface area contributed by atoms with Crippen molar-refractivity contribution in [3.63, 3.8) is 0 Å². The smallest absolute Gasteiger partial charge is 0.184 e. The molecular weight excluding hydrogens is 240 g/mol. The largest absolute Gasteiger partial charge is 0.358 e. The zero-order valence-electron chi connectivity index (χ0n) is 10.6. The van der Waals surface area contributed by atoms with Gasteiger partial charge in [0.1, 0.15) is 0 Å².